The van der Waals surface area contributed by atoms with Crippen LogP contribution in [-0.2, 0) is 11.2 Å². The number of aromatic nitrogens is 3. The molecular weight excluding hydrogens is 624 g/mol. The number of thiazole rings is 1. The molecule has 2 N–H and O–H groups in total. The molecule has 0 bridgehead atoms. The first kappa shape index (κ1) is 33.1. The molecule has 2 heterocycles. The average Bonchev–Trinajstić information content (AvgIpc) is 3.49. The van der Waals surface area contributed by atoms with Crippen molar-refractivity contribution in [2.45, 2.75) is 6.42 Å². The lowest BCUT2D eigenvalue weighted by atomic mass is 9.99. The number of benzene rings is 3. The molecule has 0 spiro atoms. The summed E-state index contributed by atoms with van der Waals surface area (Å²) in [4.78, 5) is 37.4. The van der Waals surface area contributed by atoms with Crippen LogP contribution in [0.25, 0.3) is 21.8 Å². The molecule has 0 fully saturated rings. The van der Waals surface area contributed by atoms with Gasteiger partial charge in [0, 0.05) is 30.4 Å². The summed E-state index contributed by atoms with van der Waals surface area (Å²) in [7, 11) is 3.95. The van der Waals surface area contributed by atoms with Crippen LogP contribution in [0.4, 0.5) is 20.4 Å². The molecule has 13 heteroatoms. The second-order valence-corrected chi connectivity index (χ2v) is 11.0. The number of ketones is 1. The number of nitrogens with zero attached hydrogens (tertiary/aromatic N) is 4. The SMILES string of the molecule is CN(C)CCOc1ccc(Nc2nccc(-c3scnc3-c3cccc(CC(=O)c4c(F)cccc4F)c3)n2)cc1Cl.O=CO. The number of carbonyl (C=O) groups is 2. The highest BCUT2D eigenvalue weighted by Gasteiger charge is 2.19. The van der Waals surface area contributed by atoms with Crippen molar-refractivity contribution in [3.63, 3.8) is 0 Å². The van der Waals surface area contributed by atoms with Crippen molar-refractivity contribution in [1.29, 1.82) is 0 Å². The standard InChI is InChI=1S/C31H26ClF2N5O2S.CH2O2/c1-39(2)13-14-41-27-10-9-21(17-22(27)32)37-31-35-12-11-25(38-31)30-29(36-18-42-30)20-6-3-5-19(15-20)16-26(40)28-23(33)7-4-8-24(28)34;2-1-3/h3-12,15,17-18H,13-14,16H2,1-2H3,(H,35,37,38);1H,(H,2,3). The quantitative estimate of drug-likeness (QED) is 0.115. The summed E-state index contributed by atoms with van der Waals surface area (Å²) in [5, 5.41) is 10.5. The van der Waals surface area contributed by atoms with Crippen LogP contribution in [0.1, 0.15) is 15.9 Å². The van der Waals surface area contributed by atoms with E-state index in [-0.39, 0.29) is 12.9 Å². The molecule has 9 nitrogen and oxygen atoms in total. The molecule has 0 aliphatic rings. The van der Waals surface area contributed by atoms with Gasteiger partial charge in [-0.1, -0.05) is 35.9 Å². The number of likely N-dealkylation sites (N-methyl/N-ethyl adjacent to an activating group) is 1. The Morgan fingerprint density at radius 3 is 2.51 bits per heavy atom. The largest absolute Gasteiger partial charge is 0.491 e. The Morgan fingerprint density at radius 1 is 1.07 bits per heavy atom. The zero-order chi connectivity index (χ0) is 32.3. The third kappa shape index (κ3) is 8.88. The van der Waals surface area contributed by atoms with E-state index in [0.717, 1.165) is 29.1 Å². The maximum Gasteiger partial charge on any atom is 0.290 e. The fourth-order valence-corrected chi connectivity index (χ4v) is 5.22. The van der Waals surface area contributed by atoms with Crippen LogP contribution >= 0.6 is 22.9 Å². The molecule has 0 aliphatic heterocycles. The molecule has 0 aliphatic carbocycles. The van der Waals surface area contributed by atoms with Gasteiger partial charge in [0.15, 0.2) is 5.78 Å². The molecule has 3 aromatic carbocycles. The summed E-state index contributed by atoms with van der Waals surface area (Å²) < 4.78 is 34.0. The lowest BCUT2D eigenvalue weighted by Gasteiger charge is -2.13. The molecule has 2 aromatic heterocycles. The van der Waals surface area contributed by atoms with E-state index in [1.54, 1.807) is 48.1 Å². The number of rotatable bonds is 11. The Balaban J connectivity index is 0.00000148. The number of hydrogen-bond acceptors (Lipinski definition) is 9. The smallest absolute Gasteiger partial charge is 0.290 e. The number of carboxylic acid groups (broad SMARTS) is 1. The van der Waals surface area contributed by atoms with E-state index in [0.29, 0.717) is 46.0 Å². The van der Waals surface area contributed by atoms with E-state index in [1.165, 1.54) is 17.4 Å². The van der Waals surface area contributed by atoms with Gasteiger partial charge in [0.1, 0.15) is 24.0 Å². The molecule has 0 unspecified atom stereocenters. The minimum absolute atomic E-state index is 0.158. The van der Waals surface area contributed by atoms with Crippen LogP contribution in [-0.4, -0.2) is 64.5 Å². The second-order valence-electron chi connectivity index (χ2n) is 9.72. The van der Waals surface area contributed by atoms with Crippen molar-refractivity contribution in [3.8, 4) is 27.6 Å². The fraction of sp³-hybridized carbons (Fsp3) is 0.156. The highest BCUT2D eigenvalue weighted by atomic mass is 35.5. The summed E-state index contributed by atoms with van der Waals surface area (Å²) >= 11 is 7.83. The normalized spacial score (nSPS) is 10.6. The van der Waals surface area contributed by atoms with E-state index >= 15 is 0 Å². The van der Waals surface area contributed by atoms with Crippen LogP contribution in [0, 0.1) is 11.6 Å². The van der Waals surface area contributed by atoms with Crippen LogP contribution < -0.4 is 10.1 Å². The number of hydrogen-bond donors (Lipinski definition) is 2. The Labute approximate surface area is 267 Å². The van der Waals surface area contributed by atoms with Crippen molar-refractivity contribution in [3.05, 3.63) is 106 Å². The zero-order valence-electron chi connectivity index (χ0n) is 24.2. The van der Waals surface area contributed by atoms with Gasteiger partial charge in [0.25, 0.3) is 6.47 Å². The number of anilines is 2. The Kier molecular flexibility index (Phi) is 11.6. The average molecular weight is 652 g/mol. The second kappa shape index (κ2) is 15.8. The van der Waals surface area contributed by atoms with Gasteiger partial charge in [0.05, 0.1) is 32.4 Å². The van der Waals surface area contributed by atoms with Gasteiger partial charge in [0.2, 0.25) is 5.95 Å². The summed E-state index contributed by atoms with van der Waals surface area (Å²) in [5.74, 6) is -1.43. The first-order valence-electron chi connectivity index (χ1n) is 13.5. The van der Waals surface area contributed by atoms with E-state index in [2.05, 4.69) is 20.3 Å². The van der Waals surface area contributed by atoms with Gasteiger partial charge in [-0.05, 0) is 62.1 Å². The third-order valence-electron chi connectivity index (χ3n) is 6.25. The van der Waals surface area contributed by atoms with E-state index in [4.69, 9.17) is 26.2 Å². The Bertz CT molecular complexity index is 1770. The van der Waals surface area contributed by atoms with Gasteiger partial charge in [-0.25, -0.2) is 23.7 Å². The maximum atomic E-state index is 14.1. The zero-order valence-corrected chi connectivity index (χ0v) is 25.8. The molecule has 0 amide bonds. The number of Topliss-reactive ketones (excluding diaryl/α,β-unsaturated/α-hetero) is 1. The van der Waals surface area contributed by atoms with Gasteiger partial charge >= 0.3 is 0 Å². The summed E-state index contributed by atoms with van der Waals surface area (Å²) in [5.41, 5.74) is 4.54. The van der Waals surface area contributed by atoms with Crippen LogP contribution in [0.15, 0.2) is 78.4 Å². The first-order chi connectivity index (χ1) is 21.7. The van der Waals surface area contributed by atoms with Crippen LogP contribution in [0.2, 0.25) is 5.02 Å². The fourth-order valence-electron chi connectivity index (χ4n) is 4.21. The first-order valence-corrected chi connectivity index (χ1v) is 14.7. The number of ether oxygens (including phenoxy) is 1. The lowest BCUT2D eigenvalue weighted by Crippen LogP contribution is -2.19. The summed E-state index contributed by atoms with van der Waals surface area (Å²) in [6.45, 7) is 1.04. The lowest BCUT2D eigenvalue weighted by molar-refractivity contribution is -0.122. The van der Waals surface area contributed by atoms with Gasteiger partial charge in [-0.3, -0.25) is 9.59 Å². The Hall–Kier alpha value is -4.78. The maximum absolute atomic E-state index is 14.1. The highest BCUT2D eigenvalue weighted by molar-refractivity contribution is 7.13. The molecule has 5 aromatic rings. The van der Waals surface area contributed by atoms with E-state index < -0.39 is 23.0 Å². The molecule has 0 radical (unpaired) electrons. The molecule has 0 saturated carbocycles. The topological polar surface area (TPSA) is 118 Å². The predicted molar refractivity (Wildman–Crippen MR) is 170 cm³/mol. The molecule has 5 rings (SSSR count). The van der Waals surface area contributed by atoms with E-state index in [9.17, 15) is 13.6 Å². The third-order valence-corrected chi connectivity index (χ3v) is 7.39. The van der Waals surface area contributed by atoms with Crippen molar-refractivity contribution in [2.75, 3.05) is 32.6 Å². The number of halogens is 3. The van der Waals surface area contributed by atoms with Crippen molar-refractivity contribution in [2.24, 2.45) is 0 Å². The van der Waals surface area contributed by atoms with Gasteiger partial charge in [-0.15, -0.1) is 11.3 Å². The Morgan fingerprint density at radius 2 is 1.80 bits per heavy atom. The van der Waals surface area contributed by atoms with Crippen molar-refractivity contribution < 1.29 is 28.2 Å². The highest BCUT2D eigenvalue weighted by Crippen LogP contribution is 2.35. The minimum atomic E-state index is -0.877. The van der Waals surface area contributed by atoms with E-state index in [1.807, 2.05) is 31.1 Å². The van der Waals surface area contributed by atoms with Crippen LogP contribution in [0.3, 0.4) is 0 Å². The summed E-state index contributed by atoms with van der Waals surface area (Å²) in [6, 6.07) is 17.7. The molecule has 45 heavy (non-hydrogen) atoms. The molecule has 0 saturated heterocycles. The molecular formula is C32H28ClF2N5O4S. The number of carbonyl (C=O) groups excluding carboxylic acids is 1. The number of nitrogens with one attached hydrogen (secondary N) is 1. The summed E-state index contributed by atoms with van der Waals surface area (Å²) in [6.07, 6.45) is 1.49. The minimum Gasteiger partial charge on any atom is -0.491 e. The van der Waals surface area contributed by atoms with Gasteiger partial charge in [-0.2, -0.15) is 0 Å². The predicted octanol–water partition coefficient (Wildman–Crippen LogP) is 7.01. The van der Waals surface area contributed by atoms with Crippen LogP contribution in [0.5, 0.6) is 5.75 Å². The molecule has 232 valence electrons. The van der Waals surface area contributed by atoms with Crippen molar-refractivity contribution in [1.82, 2.24) is 19.9 Å². The van der Waals surface area contributed by atoms with Gasteiger partial charge < -0.3 is 20.1 Å². The van der Waals surface area contributed by atoms with Crippen molar-refractivity contribution >= 4 is 46.8 Å². The monoisotopic (exact) mass is 651 g/mol. The molecule has 0 atom stereocenters.